The third kappa shape index (κ3) is 3.06. The normalized spacial score (nSPS) is 13.1. The van der Waals surface area contributed by atoms with E-state index in [1.165, 1.54) is 5.39 Å². The molecule has 0 radical (unpaired) electrons. The molecule has 0 fully saturated rings. The molecular weight excluding hydrogens is 216 g/mol. The van der Waals surface area contributed by atoms with Gasteiger partial charge in [-0.25, -0.2) is 0 Å². The van der Waals surface area contributed by atoms with E-state index in [9.17, 15) is 5.11 Å². The summed E-state index contributed by atoms with van der Waals surface area (Å²) in [7, 11) is 0. The molecule has 0 aliphatic rings. The molecule has 0 saturated carbocycles. The van der Waals surface area contributed by atoms with E-state index in [1.54, 1.807) is 0 Å². The molecule has 0 aliphatic carbocycles. The Balaban J connectivity index is 1.98. The zero-order valence-electron chi connectivity index (χ0n) is 9.79. The van der Waals surface area contributed by atoms with Crippen LogP contribution in [0.1, 0.15) is 0 Å². The van der Waals surface area contributed by atoms with E-state index in [0.717, 1.165) is 5.52 Å². The molecule has 0 saturated heterocycles. The maximum absolute atomic E-state index is 9.87. The summed E-state index contributed by atoms with van der Waals surface area (Å²) in [5, 5.41) is 21.7. The highest BCUT2D eigenvalue weighted by molar-refractivity contribution is 5.79. The van der Waals surface area contributed by atoms with Gasteiger partial charge in [0, 0.05) is 11.7 Å². The van der Waals surface area contributed by atoms with Crippen LogP contribution in [-0.4, -0.2) is 40.6 Å². The van der Waals surface area contributed by atoms with Gasteiger partial charge < -0.3 is 20.1 Å². The number of nitrogens with two attached hydrogens (primary N) is 1. The third-order valence-electron chi connectivity index (χ3n) is 2.86. The molecule has 4 N–H and O–H groups in total. The van der Waals surface area contributed by atoms with Crippen LogP contribution in [0.15, 0.2) is 36.5 Å². The van der Waals surface area contributed by atoms with Crippen molar-refractivity contribution in [2.24, 2.45) is 0 Å². The van der Waals surface area contributed by atoms with E-state index in [0.29, 0.717) is 19.6 Å². The van der Waals surface area contributed by atoms with E-state index in [-0.39, 0.29) is 6.61 Å². The largest absolute Gasteiger partial charge is 0.391 e. The lowest BCUT2D eigenvalue weighted by Crippen LogP contribution is -2.87. The number of hydrogen-bond acceptors (Lipinski definition) is 2. The van der Waals surface area contributed by atoms with Gasteiger partial charge in [-0.3, -0.25) is 0 Å². The first-order valence-electron chi connectivity index (χ1n) is 5.95. The van der Waals surface area contributed by atoms with E-state index in [4.69, 9.17) is 5.11 Å². The SMILES string of the molecule is OCC[NH2+]C[C@@H](O)Cn1ccc2ccccc21. The van der Waals surface area contributed by atoms with Gasteiger partial charge in [0.05, 0.1) is 19.7 Å². The average molecular weight is 235 g/mol. The highest BCUT2D eigenvalue weighted by atomic mass is 16.3. The fraction of sp³-hybridized carbons (Fsp3) is 0.385. The topological polar surface area (TPSA) is 62.0 Å². The molecule has 0 amide bonds. The molecule has 1 heterocycles. The van der Waals surface area contributed by atoms with Gasteiger partial charge in [0.15, 0.2) is 0 Å². The molecule has 4 nitrogen and oxygen atoms in total. The fourth-order valence-electron chi connectivity index (χ4n) is 2.00. The van der Waals surface area contributed by atoms with Crippen LogP contribution in [0.3, 0.4) is 0 Å². The van der Waals surface area contributed by atoms with Crippen LogP contribution in [0, 0.1) is 0 Å². The summed E-state index contributed by atoms with van der Waals surface area (Å²) < 4.78 is 2.06. The number of para-hydroxylation sites is 1. The van der Waals surface area contributed by atoms with Crippen LogP contribution in [0.25, 0.3) is 10.9 Å². The van der Waals surface area contributed by atoms with E-state index in [2.05, 4.69) is 22.8 Å². The monoisotopic (exact) mass is 235 g/mol. The number of fused-ring (bicyclic) bond motifs is 1. The number of rotatable bonds is 6. The van der Waals surface area contributed by atoms with Crippen molar-refractivity contribution in [3.8, 4) is 0 Å². The molecule has 1 atom stereocenters. The minimum atomic E-state index is -0.391. The molecule has 0 aliphatic heterocycles. The van der Waals surface area contributed by atoms with Crippen molar-refractivity contribution in [2.45, 2.75) is 12.6 Å². The summed E-state index contributed by atoms with van der Waals surface area (Å²) in [5.74, 6) is 0. The fourth-order valence-corrected chi connectivity index (χ4v) is 2.00. The van der Waals surface area contributed by atoms with Crippen molar-refractivity contribution in [2.75, 3.05) is 19.7 Å². The molecule has 4 heteroatoms. The smallest absolute Gasteiger partial charge is 0.121 e. The Kier molecular flexibility index (Phi) is 4.14. The van der Waals surface area contributed by atoms with E-state index < -0.39 is 6.10 Å². The Morgan fingerprint density at radius 3 is 2.88 bits per heavy atom. The average Bonchev–Trinajstić information content (AvgIpc) is 2.73. The predicted octanol–water partition coefficient (Wildman–Crippen LogP) is -0.442. The molecule has 0 spiro atoms. The second-order valence-corrected chi connectivity index (χ2v) is 4.22. The maximum atomic E-state index is 9.87. The zero-order valence-corrected chi connectivity index (χ0v) is 9.79. The number of hydrogen-bond donors (Lipinski definition) is 3. The molecule has 17 heavy (non-hydrogen) atoms. The van der Waals surface area contributed by atoms with Crippen LogP contribution >= 0.6 is 0 Å². The highest BCUT2D eigenvalue weighted by Crippen LogP contribution is 2.15. The van der Waals surface area contributed by atoms with Gasteiger partial charge in [-0.05, 0) is 17.5 Å². The first-order valence-corrected chi connectivity index (χ1v) is 5.95. The zero-order chi connectivity index (χ0) is 12.1. The standard InChI is InChI=1S/C13H18N2O2/c16-8-6-14-9-12(17)10-15-7-5-11-3-1-2-4-13(11)15/h1-5,7,12,14,16-17H,6,8-10H2/p+1/t12-/m1/s1. The van der Waals surface area contributed by atoms with Crippen molar-refractivity contribution in [1.29, 1.82) is 0 Å². The number of quaternary nitrogens is 1. The predicted molar refractivity (Wildman–Crippen MR) is 66.7 cm³/mol. The van der Waals surface area contributed by atoms with Gasteiger partial charge in [0.1, 0.15) is 12.6 Å². The van der Waals surface area contributed by atoms with Crippen LogP contribution in [-0.2, 0) is 6.54 Å². The van der Waals surface area contributed by atoms with Crippen LogP contribution in [0.2, 0.25) is 0 Å². The number of benzene rings is 1. The number of nitrogens with zero attached hydrogens (tertiary/aromatic N) is 1. The van der Waals surface area contributed by atoms with Crippen molar-refractivity contribution in [3.63, 3.8) is 0 Å². The number of aliphatic hydroxyl groups is 2. The maximum Gasteiger partial charge on any atom is 0.121 e. The molecule has 0 unspecified atom stereocenters. The third-order valence-corrected chi connectivity index (χ3v) is 2.86. The number of aromatic nitrogens is 1. The molecule has 0 bridgehead atoms. The lowest BCUT2D eigenvalue weighted by Gasteiger charge is -2.11. The summed E-state index contributed by atoms with van der Waals surface area (Å²) >= 11 is 0. The minimum absolute atomic E-state index is 0.152. The first kappa shape index (κ1) is 12.1. The molecular formula is C13H19N2O2+. The summed E-state index contributed by atoms with van der Waals surface area (Å²) in [6, 6.07) is 10.2. The summed E-state index contributed by atoms with van der Waals surface area (Å²) in [5.41, 5.74) is 1.15. The van der Waals surface area contributed by atoms with Gasteiger partial charge in [-0.1, -0.05) is 18.2 Å². The summed E-state index contributed by atoms with van der Waals surface area (Å²) in [6.45, 7) is 2.01. The van der Waals surface area contributed by atoms with Gasteiger partial charge in [0.2, 0.25) is 0 Å². The summed E-state index contributed by atoms with van der Waals surface area (Å²) in [6.07, 6.45) is 1.61. The quantitative estimate of drug-likeness (QED) is 0.594. The first-order chi connectivity index (χ1) is 8.31. The second-order valence-electron chi connectivity index (χ2n) is 4.22. The van der Waals surface area contributed by atoms with Gasteiger partial charge >= 0.3 is 0 Å². The molecule has 1 aromatic carbocycles. The van der Waals surface area contributed by atoms with Crippen molar-refractivity contribution in [1.82, 2.24) is 4.57 Å². The highest BCUT2D eigenvalue weighted by Gasteiger charge is 2.08. The van der Waals surface area contributed by atoms with Crippen LogP contribution in [0.5, 0.6) is 0 Å². The van der Waals surface area contributed by atoms with Gasteiger partial charge in [0.25, 0.3) is 0 Å². The molecule has 92 valence electrons. The van der Waals surface area contributed by atoms with Crippen molar-refractivity contribution >= 4 is 10.9 Å². The Hall–Kier alpha value is -1.36. The minimum Gasteiger partial charge on any atom is -0.391 e. The second kappa shape index (κ2) is 5.82. The van der Waals surface area contributed by atoms with E-state index in [1.807, 2.05) is 23.6 Å². The molecule has 1 aromatic heterocycles. The lowest BCUT2D eigenvalue weighted by molar-refractivity contribution is -0.662. The molecule has 2 rings (SSSR count). The van der Waals surface area contributed by atoms with Crippen molar-refractivity contribution < 1.29 is 15.5 Å². The Morgan fingerprint density at radius 2 is 2.06 bits per heavy atom. The lowest BCUT2D eigenvalue weighted by atomic mass is 10.2. The number of aliphatic hydroxyl groups excluding tert-OH is 2. The van der Waals surface area contributed by atoms with Gasteiger partial charge in [-0.15, -0.1) is 0 Å². The Labute approximate surface area is 100 Å². The van der Waals surface area contributed by atoms with Crippen molar-refractivity contribution in [3.05, 3.63) is 36.5 Å². The Morgan fingerprint density at radius 1 is 1.24 bits per heavy atom. The van der Waals surface area contributed by atoms with Crippen LogP contribution < -0.4 is 5.32 Å². The Bertz CT molecular complexity index is 467. The molecule has 2 aromatic rings. The summed E-state index contributed by atoms with van der Waals surface area (Å²) in [4.78, 5) is 0. The van der Waals surface area contributed by atoms with Gasteiger partial charge in [-0.2, -0.15) is 0 Å². The van der Waals surface area contributed by atoms with E-state index >= 15 is 0 Å². The van der Waals surface area contributed by atoms with Crippen LogP contribution in [0.4, 0.5) is 0 Å².